The van der Waals surface area contributed by atoms with E-state index in [0.29, 0.717) is 5.00 Å². The lowest BCUT2D eigenvalue weighted by Crippen LogP contribution is -2.31. The number of nitrogen functional groups attached to an aromatic ring is 1. The van der Waals surface area contributed by atoms with Crippen molar-refractivity contribution in [2.45, 2.75) is 47.1 Å². The minimum absolute atomic E-state index is 0.187. The van der Waals surface area contributed by atoms with Crippen molar-refractivity contribution in [1.29, 1.82) is 0 Å². The Morgan fingerprint density at radius 3 is 2.68 bits per heavy atom. The lowest BCUT2D eigenvalue weighted by atomic mass is 9.84. The predicted molar refractivity (Wildman–Crippen MR) is 81.8 cm³/mol. The van der Waals surface area contributed by atoms with Gasteiger partial charge in [0.15, 0.2) is 5.78 Å². The van der Waals surface area contributed by atoms with Crippen LogP contribution < -0.4 is 5.73 Å². The number of fused-ring (bicyclic) bond motifs is 1. The van der Waals surface area contributed by atoms with E-state index in [0.717, 1.165) is 31.6 Å². The highest BCUT2D eigenvalue weighted by Gasteiger charge is 2.32. The zero-order valence-electron chi connectivity index (χ0n) is 12.4. The first-order valence-electron chi connectivity index (χ1n) is 7.01. The summed E-state index contributed by atoms with van der Waals surface area (Å²) in [4.78, 5) is 16.3. The number of Topliss-reactive ketones (excluding diaryl/α,β-unsaturated/α-hetero) is 1. The molecule has 4 heteroatoms. The van der Waals surface area contributed by atoms with Gasteiger partial charge in [-0.15, -0.1) is 11.3 Å². The van der Waals surface area contributed by atoms with Crippen molar-refractivity contribution in [3.05, 3.63) is 16.0 Å². The molecule has 0 aromatic carbocycles. The van der Waals surface area contributed by atoms with Crippen molar-refractivity contribution < 1.29 is 4.79 Å². The van der Waals surface area contributed by atoms with Crippen molar-refractivity contribution in [3.63, 3.8) is 0 Å². The van der Waals surface area contributed by atoms with E-state index >= 15 is 0 Å². The van der Waals surface area contributed by atoms with Gasteiger partial charge in [0.05, 0.1) is 10.6 Å². The molecule has 0 spiro atoms. The van der Waals surface area contributed by atoms with E-state index in [1.807, 2.05) is 20.8 Å². The smallest absolute Gasteiger partial charge is 0.171 e. The molecular weight excluding hydrogens is 256 g/mol. The van der Waals surface area contributed by atoms with E-state index in [1.54, 1.807) is 11.3 Å². The summed E-state index contributed by atoms with van der Waals surface area (Å²) in [6.07, 6.45) is 2.13. The van der Waals surface area contributed by atoms with Gasteiger partial charge in [-0.2, -0.15) is 0 Å². The number of hydrogen-bond acceptors (Lipinski definition) is 4. The second-order valence-corrected chi connectivity index (χ2v) is 7.49. The Morgan fingerprint density at radius 1 is 1.42 bits per heavy atom. The van der Waals surface area contributed by atoms with Crippen molar-refractivity contribution in [3.8, 4) is 0 Å². The number of nitrogens with zero attached hydrogens (tertiary/aromatic N) is 1. The first-order valence-corrected chi connectivity index (χ1v) is 7.83. The molecule has 1 aromatic heterocycles. The van der Waals surface area contributed by atoms with E-state index in [4.69, 9.17) is 5.73 Å². The maximum atomic E-state index is 12.5. The summed E-state index contributed by atoms with van der Waals surface area (Å²) in [6, 6.07) is 0. The van der Waals surface area contributed by atoms with Gasteiger partial charge in [0.2, 0.25) is 0 Å². The monoisotopic (exact) mass is 280 g/mol. The summed E-state index contributed by atoms with van der Waals surface area (Å²) in [6.45, 7) is 11.2. The van der Waals surface area contributed by atoms with Gasteiger partial charge >= 0.3 is 0 Å². The second-order valence-electron chi connectivity index (χ2n) is 6.35. The molecule has 106 valence electrons. The maximum Gasteiger partial charge on any atom is 0.171 e. The second kappa shape index (κ2) is 5.25. The topological polar surface area (TPSA) is 46.3 Å². The summed E-state index contributed by atoms with van der Waals surface area (Å²) in [5.41, 5.74) is 7.79. The van der Waals surface area contributed by atoms with Crippen LogP contribution in [0.5, 0.6) is 0 Å². The number of carbonyl (C=O) groups is 1. The number of thiophene rings is 1. The Labute approximate surface area is 119 Å². The van der Waals surface area contributed by atoms with E-state index in [2.05, 4.69) is 11.8 Å². The number of nitrogens with two attached hydrogens (primary N) is 1. The van der Waals surface area contributed by atoms with Gasteiger partial charge in [-0.25, -0.2) is 0 Å². The fourth-order valence-corrected chi connectivity index (χ4v) is 3.77. The lowest BCUT2D eigenvalue weighted by molar-refractivity contribution is 0.0858. The number of hydrogen-bond donors (Lipinski definition) is 1. The van der Waals surface area contributed by atoms with Gasteiger partial charge in [-0.3, -0.25) is 9.69 Å². The summed E-state index contributed by atoms with van der Waals surface area (Å²) in [5, 5.41) is 0.711. The van der Waals surface area contributed by atoms with Crippen LogP contribution in [0.4, 0.5) is 5.00 Å². The Kier molecular flexibility index (Phi) is 4.02. The maximum absolute atomic E-state index is 12.5. The molecule has 0 radical (unpaired) electrons. The van der Waals surface area contributed by atoms with E-state index in [9.17, 15) is 4.79 Å². The summed E-state index contributed by atoms with van der Waals surface area (Å²) in [5.74, 6) is 0.187. The molecule has 0 aliphatic carbocycles. The highest BCUT2D eigenvalue weighted by Crippen LogP contribution is 2.38. The highest BCUT2D eigenvalue weighted by atomic mass is 32.1. The minimum atomic E-state index is -0.358. The predicted octanol–water partition coefficient (Wildman–Crippen LogP) is 3.33. The third-order valence-corrected chi connectivity index (χ3v) is 4.66. The summed E-state index contributed by atoms with van der Waals surface area (Å²) in [7, 11) is 0. The van der Waals surface area contributed by atoms with Gasteiger partial charge < -0.3 is 5.73 Å². The van der Waals surface area contributed by atoms with Gasteiger partial charge in [-0.05, 0) is 24.9 Å². The van der Waals surface area contributed by atoms with E-state index in [-0.39, 0.29) is 11.2 Å². The zero-order valence-corrected chi connectivity index (χ0v) is 13.2. The third-order valence-electron chi connectivity index (χ3n) is 3.61. The van der Waals surface area contributed by atoms with Crippen molar-refractivity contribution in [2.75, 3.05) is 18.8 Å². The molecule has 1 aromatic rings. The van der Waals surface area contributed by atoms with Crippen LogP contribution >= 0.6 is 11.3 Å². The molecule has 0 saturated heterocycles. The third kappa shape index (κ3) is 2.84. The Balaban J connectivity index is 2.32. The van der Waals surface area contributed by atoms with E-state index in [1.165, 1.54) is 16.9 Å². The fourth-order valence-electron chi connectivity index (χ4n) is 2.61. The largest absolute Gasteiger partial charge is 0.390 e. The van der Waals surface area contributed by atoms with Crippen LogP contribution in [-0.4, -0.2) is 23.8 Å². The quantitative estimate of drug-likeness (QED) is 0.864. The summed E-state index contributed by atoms with van der Waals surface area (Å²) < 4.78 is 0. The molecule has 3 nitrogen and oxygen atoms in total. The molecule has 1 aliphatic rings. The fraction of sp³-hybridized carbons (Fsp3) is 0.667. The standard InChI is InChI=1S/C15H24N2OS/c1-5-7-17-8-6-10-11(9-17)19-14(16)12(10)13(18)15(2,3)4/h5-9,16H2,1-4H3. The molecule has 0 fully saturated rings. The summed E-state index contributed by atoms with van der Waals surface area (Å²) >= 11 is 1.61. The normalized spacial score (nSPS) is 16.4. The minimum Gasteiger partial charge on any atom is -0.390 e. The molecule has 0 unspecified atom stereocenters. The zero-order chi connectivity index (χ0) is 14.2. The molecule has 0 saturated carbocycles. The number of anilines is 1. The van der Waals surface area contributed by atoms with Crippen LogP contribution in [0.15, 0.2) is 0 Å². The Bertz CT molecular complexity index is 485. The van der Waals surface area contributed by atoms with Gasteiger partial charge in [0.25, 0.3) is 0 Å². The first-order chi connectivity index (χ1) is 8.84. The Morgan fingerprint density at radius 2 is 2.11 bits per heavy atom. The number of carbonyl (C=O) groups excluding carboxylic acids is 1. The Hall–Kier alpha value is -0.870. The first kappa shape index (κ1) is 14.5. The highest BCUT2D eigenvalue weighted by molar-refractivity contribution is 7.16. The average molecular weight is 280 g/mol. The molecule has 2 heterocycles. The van der Waals surface area contributed by atoms with Crippen molar-refractivity contribution >= 4 is 22.1 Å². The van der Waals surface area contributed by atoms with Gasteiger partial charge in [0, 0.05) is 23.4 Å². The molecule has 0 bridgehead atoms. The molecular formula is C15H24N2OS. The molecule has 2 rings (SSSR count). The lowest BCUT2D eigenvalue weighted by Gasteiger charge is -2.27. The number of rotatable bonds is 3. The van der Waals surface area contributed by atoms with Crippen LogP contribution in [0, 0.1) is 5.41 Å². The van der Waals surface area contributed by atoms with Gasteiger partial charge in [-0.1, -0.05) is 27.7 Å². The molecule has 0 atom stereocenters. The van der Waals surface area contributed by atoms with Crippen molar-refractivity contribution in [2.24, 2.45) is 5.41 Å². The van der Waals surface area contributed by atoms with Crippen LogP contribution in [0.1, 0.15) is 54.9 Å². The molecule has 0 amide bonds. The SMILES string of the molecule is CCCN1CCc2c(sc(N)c2C(=O)C(C)(C)C)C1. The number of ketones is 1. The van der Waals surface area contributed by atoms with Crippen molar-refractivity contribution in [1.82, 2.24) is 4.90 Å². The van der Waals surface area contributed by atoms with Gasteiger partial charge in [0.1, 0.15) is 0 Å². The molecule has 19 heavy (non-hydrogen) atoms. The molecule has 2 N–H and O–H groups in total. The van der Waals surface area contributed by atoms with Crippen LogP contribution in [0.2, 0.25) is 0 Å². The average Bonchev–Trinajstić information content (AvgIpc) is 2.62. The van der Waals surface area contributed by atoms with Crippen LogP contribution in [0.25, 0.3) is 0 Å². The van der Waals surface area contributed by atoms with Crippen LogP contribution in [0.3, 0.4) is 0 Å². The molecule has 1 aliphatic heterocycles. The van der Waals surface area contributed by atoms with E-state index < -0.39 is 0 Å². The van der Waals surface area contributed by atoms with Crippen LogP contribution in [-0.2, 0) is 13.0 Å².